The highest BCUT2D eigenvalue weighted by molar-refractivity contribution is 5.68. The van der Waals surface area contributed by atoms with Crippen LogP contribution in [0.5, 0.6) is 0 Å². The van der Waals surface area contributed by atoms with Crippen molar-refractivity contribution in [3.8, 4) is 0 Å². The highest BCUT2D eigenvalue weighted by Crippen LogP contribution is 2.36. The molecule has 5 atom stereocenters. The minimum Gasteiger partial charge on any atom is -0.393 e. The van der Waals surface area contributed by atoms with E-state index in [1.54, 1.807) is 6.08 Å². The van der Waals surface area contributed by atoms with Gasteiger partial charge in [-0.15, -0.1) is 0 Å². The Balaban J connectivity index is 1.75. The number of carbonyl (C=O) groups excluding carboxylic acids is 1. The van der Waals surface area contributed by atoms with Crippen LogP contribution in [0.4, 0.5) is 0 Å². The van der Waals surface area contributed by atoms with Crippen LogP contribution in [-0.4, -0.2) is 46.1 Å². The monoisotopic (exact) mass is 431 g/mol. The highest BCUT2D eigenvalue weighted by Gasteiger charge is 2.39. The first kappa shape index (κ1) is 25.3. The van der Waals surface area contributed by atoms with Gasteiger partial charge in [-0.25, -0.2) is 0 Å². The van der Waals surface area contributed by atoms with Crippen LogP contribution in [0, 0.1) is 11.8 Å². The molecule has 4 N–H and O–H groups in total. The summed E-state index contributed by atoms with van der Waals surface area (Å²) in [4.78, 5) is 16.2. The van der Waals surface area contributed by atoms with Crippen molar-refractivity contribution in [3.05, 3.63) is 60.2 Å². The zero-order valence-corrected chi connectivity index (χ0v) is 18.4. The fraction of sp³-hybridized carbons (Fsp3) is 0.560. The molecule has 4 unspecified atom stereocenters. The molecule has 0 spiro atoms. The van der Waals surface area contributed by atoms with Gasteiger partial charge in [0.2, 0.25) is 0 Å². The molecular weight excluding hydrogens is 394 g/mol. The number of unbranched alkanes of at least 4 members (excludes halogenated alkanes) is 1. The third-order valence-corrected chi connectivity index (χ3v) is 5.70. The number of benzene rings is 1. The van der Waals surface area contributed by atoms with Crippen LogP contribution >= 0.6 is 0 Å². The Morgan fingerprint density at radius 2 is 2.00 bits per heavy atom. The predicted octanol–water partition coefficient (Wildman–Crippen LogP) is 3.08. The molecule has 0 radical (unpaired) electrons. The lowest BCUT2D eigenvalue weighted by Gasteiger charge is -2.19. The summed E-state index contributed by atoms with van der Waals surface area (Å²) >= 11 is 0. The first-order valence-corrected chi connectivity index (χ1v) is 11.3. The molecule has 6 nitrogen and oxygen atoms in total. The van der Waals surface area contributed by atoms with Crippen molar-refractivity contribution in [1.82, 2.24) is 5.48 Å². The first-order chi connectivity index (χ1) is 15.0. The second-order valence-corrected chi connectivity index (χ2v) is 8.16. The Morgan fingerprint density at radius 1 is 1.23 bits per heavy atom. The lowest BCUT2D eigenvalue weighted by molar-refractivity contribution is -0.151. The molecule has 1 aromatic carbocycles. The number of aliphatic hydroxyl groups is 3. The Labute approximate surface area is 185 Å². The van der Waals surface area contributed by atoms with Gasteiger partial charge in [0.1, 0.15) is 0 Å². The van der Waals surface area contributed by atoms with Gasteiger partial charge in [0.25, 0.3) is 0 Å². The first-order valence-electron chi connectivity index (χ1n) is 11.3. The summed E-state index contributed by atoms with van der Waals surface area (Å²) in [6.45, 7) is 2.44. The van der Waals surface area contributed by atoms with E-state index in [2.05, 4.69) is 5.48 Å². The number of hydroxylamine groups is 1. The summed E-state index contributed by atoms with van der Waals surface area (Å²) in [5.41, 5.74) is 3.73. The van der Waals surface area contributed by atoms with Crippen molar-refractivity contribution in [2.45, 2.75) is 70.2 Å². The second kappa shape index (κ2) is 14.1. The van der Waals surface area contributed by atoms with Gasteiger partial charge in [0.15, 0.2) is 0 Å². The number of aryl methyl sites for hydroxylation is 1. The van der Waals surface area contributed by atoms with E-state index in [1.165, 1.54) is 5.56 Å². The van der Waals surface area contributed by atoms with Crippen molar-refractivity contribution >= 4 is 5.97 Å². The van der Waals surface area contributed by atoms with Crippen LogP contribution in [0.25, 0.3) is 0 Å². The zero-order valence-electron chi connectivity index (χ0n) is 18.4. The topological polar surface area (TPSA) is 99.0 Å². The van der Waals surface area contributed by atoms with Gasteiger partial charge in [0, 0.05) is 25.3 Å². The smallest absolute Gasteiger partial charge is 0.324 e. The molecule has 0 aromatic heterocycles. The number of hydrogen-bond acceptors (Lipinski definition) is 6. The van der Waals surface area contributed by atoms with Crippen molar-refractivity contribution < 1.29 is 25.0 Å². The van der Waals surface area contributed by atoms with Crippen LogP contribution in [0.1, 0.15) is 51.0 Å². The minimum atomic E-state index is -0.605. The molecule has 0 heterocycles. The van der Waals surface area contributed by atoms with Crippen molar-refractivity contribution in [2.24, 2.45) is 11.8 Å². The normalized spacial score (nSPS) is 24.8. The molecule has 1 aromatic rings. The summed E-state index contributed by atoms with van der Waals surface area (Å²) in [5.74, 6) is -0.524. The molecule has 1 aliphatic carbocycles. The van der Waals surface area contributed by atoms with Crippen molar-refractivity contribution in [1.29, 1.82) is 0 Å². The number of rotatable bonds is 13. The molecule has 31 heavy (non-hydrogen) atoms. The number of carbonyl (C=O) groups is 1. The Kier molecular flexibility index (Phi) is 11.5. The Bertz CT molecular complexity index is 690. The average Bonchev–Trinajstić information content (AvgIpc) is 3.04. The van der Waals surface area contributed by atoms with Gasteiger partial charge < -0.3 is 20.2 Å². The maximum atomic E-state index is 11.4. The van der Waals surface area contributed by atoms with Crippen LogP contribution in [0.15, 0.2) is 54.6 Å². The summed E-state index contributed by atoms with van der Waals surface area (Å²) in [6.07, 6.45) is 10.1. The molecule has 1 fully saturated rings. The van der Waals surface area contributed by atoms with Gasteiger partial charge in [-0.3, -0.25) is 4.79 Å². The maximum Gasteiger partial charge on any atom is 0.324 e. The van der Waals surface area contributed by atoms with Crippen LogP contribution < -0.4 is 5.48 Å². The lowest BCUT2D eigenvalue weighted by atomic mass is 9.89. The Morgan fingerprint density at radius 3 is 2.74 bits per heavy atom. The van der Waals surface area contributed by atoms with E-state index in [0.29, 0.717) is 38.6 Å². The van der Waals surface area contributed by atoms with Gasteiger partial charge >= 0.3 is 5.97 Å². The highest BCUT2D eigenvalue weighted by atomic mass is 16.7. The number of aliphatic hydroxyl groups excluding tert-OH is 3. The number of hydrogen-bond donors (Lipinski definition) is 4. The second-order valence-electron chi connectivity index (χ2n) is 8.16. The van der Waals surface area contributed by atoms with E-state index in [4.69, 9.17) is 4.84 Å². The van der Waals surface area contributed by atoms with Crippen molar-refractivity contribution in [3.63, 3.8) is 0 Å². The zero-order chi connectivity index (χ0) is 22.5. The van der Waals surface area contributed by atoms with Gasteiger partial charge in [0.05, 0.1) is 18.3 Å². The van der Waals surface area contributed by atoms with E-state index in [0.717, 1.165) is 12.8 Å². The SMILES string of the molecule is CCNOC(=O)CCCC=CCC1C(O)CC(O)[C@@H]1C=CC(O)CCc1ccccc1. The fourth-order valence-electron chi connectivity index (χ4n) is 3.96. The molecular formula is C25H37NO5. The summed E-state index contributed by atoms with van der Waals surface area (Å²) in [7, 11) is 0. The van der Waals surface area contributed by atoms with Crippen LogP contribution in [0.3, 0.4) is 0 Å². The molecule has 0 bridgehead atoms. The minimum absolute atomic E-state index is 0.0810. The quantitative estimate of drug-likeness (QED) is 0.218. The molecule has 1 saturated carbocycles. The van der Waals surface area contributed by atoms with Crippen LogP contribution in [-0.2, 0) is 16.1 Å². The summed E-state index contributed by atoms with van der Waals surface area (Å²) < 4.78 is 0. The third-order valence-electron chi connectivity index (χ3n) is 5.70. The molecule has 1 aliphatic rings. The fourth-order valence-corrected chi connectivity index (χ4v) is 3.96. The molecule has 0 amide bonds. The molecule has 2 rings (SSSR count). The summed E-state index contributed by atoms with van der Waals surface area (Å²) in [5, 5.41) is 31.0. The number of nitrogens with one attached hydrogen (secondary N) is 1. The van der Waals surface area contributed by atoms with Gasteiger partial charge in [-0.2, -0.15) is 5.48 Å². The van der Waals surface area contributed by atoms with E-state index >= 15 is 0 Å². The number of allylic oxidation sites excluding steroid dienone is 2. The predicted molar refractivity (Wildman–Crippen MR) is 121 cm³/mol. The van der Waals surface area contributed by atoms with E-state index in [9.17, 15) is 20.1 Å². The van der Waals surface area contributed by atoms with E-state index in [-0.39, 0.29) is 17.8 Å². The van der Waals surface area contributed by atoms with E-state index in [1.807, 2.05) is 55.5 Å². The molecule has 0 aliphatic heterocycles. The lowest BCUT2D eigenvalue weighted by Crippen LogP contribution is -2.20. The van der Waals surface area contributed by atoms with Crippen molar-refractivity contribution in [2.75, 3.05) is 6.54 Å². The standard InChI is InChI=1S/C25H37NO5/c1-2-26-31-25(30)13-9-4-3-8-12-21-22(24(29)18-23(21)28)17-16-20(27)15-14-19-10-6-5-7-11-19/h3,5-8,10-11,16-17,20-24,26-29H,2,4,9,12-15,18H2,1H3/t20?,21?,22-,23?,24?/m1/s1. The van der Waals surface area contributed by atoms with Gasteiger partial charge in [-0.05, 0) is 50.5 Å². The van der Waals surface area contributed by atoms with Crippen LogP contribution in [0.2, 0.25) is 0 Å². The molecule has 0 saturated heterocycles. The molecule has 6 heteroatoms. The maximum absolute atomic E-state index is 11.4. The summed E-state index contributed by atoms with van der Waals surface area (Å²) in [6, 6.07) is 10.0. The van der Waals surface area contributed by atoms with E-state index < -0.39 is 18.3 Å². The molecule has 172 valence electrons. The van der Waals surface area contributed by atoms with Gasteiger partial charge in [-0.1, -0.05) is 54.6 Å². The largest absolute Gasteiger partial charge is 0.393 e. The average molecular weight is 432 g/mol. The Hall–Kier alpha value is -1.99. The third kappa shape index (κ3) is 9.35.